The van der Waals surface area contributed by atoms with Gasteiger partial charge in [0.1, 0.15) is 11.1 Å². The van der Waals surface area contributed by atoms with Crippen LogP contribution in [-0.2, 0) is 16.4 Å². The number of aromatic nitrogens is 3. The van der Waals surface area contributed by atoms with E-state index in [0.717, 1.165) is 12.8 Å². The van der Waals surface area contributed by atoms with Crippen LogP contribution in [-0.4, -0.2) is 28.9 Å². The van der Waals surface area contributed by atoms with Gasteiger partial charge < -0.3 is 4.57 Å². The quantitative estimate of drug-likeness (QED) is 0.867. The predicted molar refractivity (Wildman–Crippen MR) is 72.6 cm³/mol. The average Bonchev–Trinajstić information content (AvgIpc) is 2.60. The van der Waals surface area contributed by atoms with Crippen molar-refractivity contribution in [2.45, 2.75) is 44.9 Å². The van der Waals surface area contributed by atoms with Crippen molar-refractivity contribution in [2.75, 3.05) is 5.75 Å². The normalized spacial score (nSPS) is 23.4. The Hall–Kier alpha value is -0.690. The van der Waals surface area contributed by atoms with E-state index in [1.165, 1.54) is 0 Å². The van der Waals surface area contributed by atoms with E-state index < -0.39 is 15.1 Å². The van der Waals surface area contributed by atoms with Gasteiger partial charge in [0.05, 0.1) is 5.75 Å². The average molecular weight is 289 g/mol. The summed E-state index contributed by atoms with van der Waals surface area (Å²) in [6.07, 6.45) is 2.35. The number of nitrogens with zero attached hydrogens (tertiary/aromatic N) is 2. The summed E-state index contributed by atoms with van der Waals surface area (Å²) in [5.74, 6) is 1.26. The van der Waals surface area contributed by atoms with Crippen LogP contribution in [0.2, 0.25) is 0 Å². The van der Waals surface area contributed by atoms with Gasteiger partial charge in [0.15, 0.2) is 14.6 Å². The monoisotopic (exact) mass is 289 g/mol. The molecule has 2 rings (SSSR count). The lowest BCUT2D eigenvalue weighted by Crippen LogP contribution is -2.25. The fourth-order valence-corrected chi connectivity index (χ4v) is 4.49. The summed E-state index contributed by atoms with van der Waals surface area (Å²) in [5.41, 5.74) is 0. The molecule has 1 N–H and O–H groups in total. The van der Waals surface area contributed by atoms with E-state index in [9.17, 15) is 8.42 Å². The summed E-state index contributed by atoms with van der Waals surface area (Å²) in [6, 6.07) is 0. The lowest BCUT2D eigenvalue weighted by atomic mass is 10.1. The number of nitrogens with one attached hydrogen (secondary N) is 1. The van der Waals surface area contributed by atoms with E-state index in [4.69, 9.17) is 12.2 Å². The van der Waals surface area contributed by atoms with Crippen molar-refractivity contribution in [2.24, 2.45) is 5.92 Å². The molecular weight excluding hydrogens is 270 g/mol. The minimum atomic E-state index is -3.07. The van der Waals surface area contributed by atoms with Gasteiger partial charge in [0.2, 0.25) is 0 Å². The number of aromatic amines is 1. The molecule has 0 spiro atoms. The van der Waals surface area contributed by atoms with Gasteiger partial charge in [-0.1, -0.05) is 20.3 Å². The first-order chi connectivity index (χ1) is 8.42. The highest BCUT2D eigenvalue weighted by atomic mass is 32.2. The molecular formula is C11H19N3O2S2. The van der Waals surface area contributed by atoms with Crippen molar-refractivity contribution >= 4 is 22.1 Å². The lowest BCUT2D eigenvalue weighted by molar-refractivity contribution is 0.481. The van der Waals surface area contributed by atoms with Gasteiger partial charge in [-0.05, 0) is 31.0 Å². The molecule has 1 atom stereocenters. The Morgan fingerprint density at radius 1 is 1.50 bits per heavy atom. The van der Waals surface area contributed by atoms with Gasteiger partial charge in [-0.3, -0.25) is 5.10 Å². The van der Waals surface area contributed by atoms with Crippen molar-refractivity contribution in [3.05, 3.63) is 10.6 Å². The molecule has 7 heteroatoms. The molecule has 1 aromatic rings. The van der Waals surface area contributed by atoms with Gasteiger partial charge in [0, 0.05) is 6.54 Å². The Bertz CT molecular complexity index is 571. The van der Waals surface area contributed by atoms with E-state index in [1.54, 1.807) is 0 Å². The van der Waals surface area contributed by atoms with Gasteiger partial charge in [-0.15, -0.1) is 0 Å². The van der Waals surface area contributed by atoms with Crippen molar-refractivity contribution in [1.82, 2.24) is 14.8 Å². The van der Waals surface area contributed by atoms with Gasteiger partial charge >= 0.3 is 0 Å². The number of sulfone groups is 1. The second-order valence-electron chi connectivity index (χ2n) is 5.24. The molecule has 1 aliphatic rings. The van der Waals surface area contributed by atoms with Gasteiger partial charge in [-0.25, -0.2) is 8.42 Å². The number of rotatable bonds is 3. The molecule has 1 aliphatic heterocycles. The standard InChI is InChI=1S/C11H19N3O2S2/c1-8(2)7-14-10(12-13-11(14)17)9-5-3-4-6-18(9,15)16/h8-9H,3-7H2,1-2H3,(H,13,17). The maximum atomic E-state index is 12.1. The fourth-order valence-electron chi connectivity index (χ4n) is 2.36. The highest BCUT2D eigenvalue weighted by Crippen LogP contribution is 2.32. The molecule has 0 bridgehead atoms. The molecule has 1 unspecified atom stereocenters. The van der Waals surface area contributed by atoms with Crippen LogP contribution in [0.15, 0.2) is 0 Å². The summed E-state index contributed by atoms with van der Waals surface area (Å²) < 4.78 is 26.6. The first-order valence-electron chi connectivity index (χ1n) is 6.28. The van der Waals surface area contributed by atoms with Crippen LogP contribution in [0.25, 0.3) is 0 Å². The SMILES string of the molecule is CC(C)Cn1c(C2CCCCS2(=O)=O)n[nH]c1=S. The van der Waals surface area contributed by atoms with Crippen LogP contribution in [0.1, 0.15) is 44.2 Å². The fraction of sp³-hybridized carbons (Fsp3) is 0.818. The van der Waals surface area contributed by atoms with E-state index in [1.807, 2.05) is 4.57 Å². The largest absolute Gasteiger partial charge is 0.303 e. The van der Waals surface area contributed by atoms with Crippen LogP contribution >= 0.6 is 12.2 Å². The molecule has 0 radical (unpaired) electrons. The Labute approximate surface area is 113 Å². The molecule has 102 valence electrons. The van der Waals surface area contributed by atoms with Crippen molar-refractivity contribution in [3.63, 3.8) is 0 Å². The third-order valence-corrected chi connectivity index (χ3v) is 5.69. The maximum absolute atomic E-state index is 12.1. The summed E-state index contributed by atoms with van der Waals surface area (Å²) in [7, 11) is -3.07. The lowest BCUT2D eigenvalue weighted by Gasteiger charge is -2.22. The molecule has 0 amide bonds. The third-order valence-electron chi connectivity index (χ3n) is 3.20. The molecule has 18 heavy (non-hydrogen) atoms. The molecule has 0 aromatic carbocycles. The summed E-state index contributed by atoms with van der Waals surface area (Å²) in [4.78, 5) is 0. The van der Waals surface area contributed by atoms with Crippen molar-refractivity contribution < 1.29 is 8.42 Å². The van der Waals surface area contributed by atoms with Crippen molar-refractivity contribution in [1.29, 1.82) is 0 Å². The second-order valence-corrected chi connectivity index (χ2v) is 7.93. The molecule has 0 saturated carbocycles. The molecule has 1 aromatic heterocycles. The number of hydrogen-bond acceptors (Lipinski definition) is 4. The van der Waals surface area contributed by atoms with Crippen LogP contribution in [0, 0.1) is 10.7 Å². The Balaban J connectivity index is 2.41. The summed E-state index contributed by atoms with van der Waals surface area (Å²) >= 11 is 5.19. The van der Waals surface area contributed by atoms with E-state index in [-0.39, 0.29) is 5.75 Å². The highest BCUT2D eigenvalue weighted by molar-refractivity contribution is 7.91. The predicted octanol–water partition coefficient (Wildman–Crippen LogP) is 2.24. The Morgan fingerprint density at radius 3 is 2.83 bits per heavy atom. The second kappa shape index (κ2) is 5.13. The van der Waals surface area contributed by atoms with E-state index in [0.29, 0.717) is 29.5 Å². The maximum Gasteiger partial charge on any atom is 0.195 e. The highest BCUT2D eigenvalue weighted by Gasteiger charge is 2.34. The third kappa shape index (κ3) is 2.66. The van der Waals surface area contributed by atoms with E-state index >= 15 is 0 Å². The molecule has 5 nitrogen and oxygen atoms in total. The Kier molecular flexibility index (Phi) is 3.91. The first kappa shape index (κ1) is 13.7. The van der Waals surface area contributed by atoms with Gasteiger partial charge in [-0.2, -0.15) is 5.10 Å². The zero-order chi connectivity index (χ0) is 13.3. The van der Waals surface area contributed by atoms with Crippen molar-refractivity contribution in [3.8, 4) is 0 Å². The Morgan fingerprint density at radius 2 is 2.22 bits per heavy atom. The molecule has 0 aliphatic carbocycles. The van der Waals surface area contributed by atoms with Crippen LogP contribution in [0.3, 0.4) is 0 Å². The number of H-pyrrole nitrogens is 1. The number of hydrogen-bond donors (Lipinski definition) is 1. The summed E-state index contributed by atoms with van der Waals surface area (Å²) in [5, 5.41) is 6.40. The molecule has 1 saturated heterocycles. The van der Waals surface area contributed by atoms with Gasteiger partial charge in [0.25, 0.3) is 0 Å². The minimum Gasteiger partial charge on any atom is -0.303 e. The smallest absolute Gasteiger partial charge is 0.195 e. The topological polar surface area (TPSA) is 67.8 Å². The first-order valence-corrected chi connectivity index (χ1v) is 8.41. The minimum absolute atomic E-state index is 0.263. The zero-order valence-electron chi connectivity index (χ0n) is 10.7. The van der Waals surface area contributed by atoms with Crippen LogP contribution < -0.4 is 0 Å². The van der Waals surface area contributed by atoms with Crippen LogP contribution in [0.4, 0.5) is 0 Å². The van der Waals surface area contributed by atoms with Crippen LogP contribution in [0.5, 0.6) is 0 Å². The zero-order valence-corrected chi connectivity index (χ0v) is 12.4. The molecule has 2 heterocycles. The molecule has 1 fully saturated rings. The summed E-state index contributed by atoms with van der Waals surface area (Å²) in [6.45, 7) is 4.86. The van der Waals surface area contributed by atoms with E-state index in [2.05, 4.69) is 24.0 Å².